The lowest BCUT2D eigenvalue weighted by Crippen LogP contribution is -2.27. The van der Waals surface area contributed by atoms with E-state index in [1.54, 1.807) is 0 Å². The van der Waals surface area contributed by atoms with Crippen molar-refractivity contribution in [1.29, 1.82) is 0 Å². The summed E-state index contributed by atoms with van der Waals surface area (Å²) in [6.07, 6.45) is -4.73. The molecule has 0 aliphatic rings. The average Bonchev–Trinajstić information content (AvgIpc) is 2.14. The number of rotatable bonds is 2. The van der Waals surface area contributed by atoms with Crippen molar-refractivity contribution in [3.05, 3.63) is 33.3 Å². The highest BCUT2D eigenvalue weighted by Crippen LogP contribution is 2.36. The van der Waals surface area contributed by atoms with Gasteiger partial charge in [0.25, 0.3) is 0 Å². The Morgan fingerprint density at radius 1 is 1.38 bits per heavy atom. The average molecular weight is 361 g/mol. The van der Waals surface area contributed by atoms with Crippen LogP contribution in [0.2, 0.25) is 0 Å². The van der Waals surface area contributed by atoms with Gasteiger partial charge in [0.05, 0.1) is 11.5 Å². The monoisotopic (exact) mass is 359 g/mol. The van der Waals surface area contributed by atoms with Gasteiger partial charge < -0.3 is 9.90 Å². The summed E-state index contributed by atoms with van der Waals surface area (Å²) in [5, 5.41) is 10.7. The van der Waals surface area contributed by atoms with Crippen LogP contribution < -0.4 is 5.11 Å². The molecule has 0 radical (unpaired) electrons. The molecule has 0 aliphatic heterocycles. The number of hydrogen-bond acceptors (Lipinski definition) is 2. The normalized spacial score (nSPS) is 11.6. The van der Waals surface area contributed by atoms with Gasteiger partial charge in [-0.2, -0.15) is 13.2 Å². The summed E-state index contributed by atoms with van der Waals surface area (Å²) < 4.78 is 37.9. The maximum Gasteiger partial charge on any atom is 0.417 e. The number of carbonyl (C=O) groups is 1. The molecule has 7 heteroatoms. The second-order valence-electron chi connectivity index (χ2n) is 2.91. The minimum atomic E-state index is -4.73. The molecule has 88 valence electrons. The summed E-state index contributed by atoms with van der Waals surface area (Å²) in [5.41, 5.74) is -2.02. The molecule has 0 heterocycles. The standard InChI is InChI=1S/C9H5Br2F3O2/c10-3-4-1-5(11)2-6(9(12,13)14)7(4)8(15)16/h1-2H,3H2,(H,15,16)/p-1. The van der Waals surface area contributed by atoms with E-state index >= 15 is 0 Å². The maximum atomic E-state index is 12.6. The molecule has 1 rings (SSSR count). The van der Waals surface area contributed by atoms with E-state index in [1.165, 1.54) is 6.07 Å². The van der Waals surface area contributed by atoms with Gasteiger partial charge in [-0.1, -0.05) is 31.9 Å². The number of aromatic carboxylic acids is 1. The number of halogens is 5. The molecule has 0 bridgehead atoms. The van der Waals surface area contributed by atoms with Crippen LogP contribution in [0, 0.1) is 0 Å². The minimum absolute atomic E-state index is 0.00116. The Morgan fingerprint density at radius 2 is 1.94 bits per heavy atom. The molecule has 0 fully saturated rings. The molecule has 1 aromatic carbocycles. The van der Waals surface area contributed by atoms with Crippen molar-refractivity contribution in [2.45, 2.75) is 11.5 Å². The maximum absolute atomic E-state index is 12.6. The van der Waals surface area contributed by atoms with E-state index < -0.39 is 23.3 Å². The molecular weight excluding hydrogens is 357 g/mol. The number of benzene rings is 1. The first-order chi connectivity index (χ1) is 7.27. The molecule has 0 saturated heterocycles. The van der Waals surface area contributed by atoms with E-state index in [4.69, 9.17) is 0 Å². The third kappa shape index (κ3) is 2.76. The number of carboxylic acid groups (broad SMARTS) is 1. The second kappa shape index (κ2) is 4.75. The van der Waals surface area contributed by atoms with Gasteiger partial charge in [-0.15, -0.1) is 0 Å². The van der Waals surface area contributed by atoms with E-state index in [1.807, 2.05) is 0 Å². The summed E-state index contributed by atoms with van der Waals surface area (Å²) in [6, 6.07) is 2.02. The Kier molecular flexibility index (Phi) is 4.01. The molecular formula is C9H4Br2F3O2-. The van der Waals surface area contributed by atoms with Crippen molar-refractivity contribution in [2.24, 2.45) is 0 Å². The zero-order chi connectivity index (χ0) is 12.5. The molecule has 0 N–H and O–H groups in total. The lowest BCUT2D eigenvalue weighted by molar-refractivity contribution is -0.255. The molecule has 0 unspecified atom stereocenters. The number of carboxylic acids is 1. The zero-order valence-electron chi connectivity index (χ0n) is 7.57. The molecule has 0 spiro atoms. The second-order valence-corrected chi connectivity index (χ2v) is 4.38. The molecule has 2 nitrogen and oxygen atoms in total. The van der Waals surface area contributed by atoms with Gasteiger partial charge in [0.2, 0.25) is 0 Å². The Labute approximate surface area is 106 Å². The number of alkyl halides is 4. The van der Waals surface area contributed by atoms with Crippen molar-refractivity contribution in [2.75, 3.05) is 0 Å². The fourth-order valence-electron chi connectivity index (χ4n) is 1.23. The quantitative estimate of drug-likeness (QED) is 0.761. The van der Waals surface area contributed by atoms with Crippen LogP contribution in [0.25, 0.3) is 0 Å². The zero-order valence-corrected chi connectivity index (χ0v) is 10.7. The largest absolute Gasteiger partial charge is 0.545 e. The van der Waals surface area contributed by atoms with Crippen molar-refractivity contribution in [3.8, 4) is 0 Å². The van der Waals surface area contributed by atoms with Crippen LogP contribution >= 0.6 is 31.9 Å². The van der Waals surface area contributed by atoms with Crippen LogP contribution in [-0.4, -0.2) is 5.97 Å². The Hall–Kier alpha value is -0.560. The molecule has 16 heavy (non-hydrogen) atoms. The summed E-state index contributed by atoms with van der Waals surface area (Å²) in [5.74, 6) is -1.84. The van der Waals surface area contributed by atoms with E-state index in [2.05, 4.69) is 31.9 Å². The third-order valence-electron chi connectivity index (χ3n) is 1.84. The molecule has 0 saturated carbocycles. The number of hydrogen-bond donors (Lipinski definition) is 0. The summed E-state index contributed by atoms with van der Waals surface area (Å²) in [7, 11) is 0. The van der Waals surface area contributed by atoms with Gasteiger partial charge in [-0.25, -0.2) is 0 Å². The smallest absolute Gasteiger partial charge is 0.417 e. The summed E-state index contributed by atoms with van der Waals surface area (Å²) >= 11 is 5.83. The van der Waals surface area contributed by atoms with Crippen LogP contribution in [0.5, 0.6) is 0 Å². The first-order valence-electron chi connectivity index (χ1n) is 3.94. The van der Waals surface area contributed by atoms with Crippen molar-refractivity contribution in [1.82, 2.24) is 0 Å². The van der Waals surface area contributed by atoms with Gasteiger partial charge in [-0.05, 0) is 17.7 Å². The van der Waals surface area contributed by atoms with E-state index in [0.717, 1.165) is 6.07 Å². The third-order valence-corrected chi connectivity index (χ3v) is 2.90. The Balaban J connectivity index is 3.57. The first-order valence-corrected chi connectivity index (χ1v) is 5.85. The minimum Gasteiger partial charge on any atom is -0.545 e. The predicted octanol–water partition coefficient (Wildman–Crippen LogP) is 2.73. The topological polar surface area (TPSA) is 40.1 Å². The predicted molar refractivity (Wildman–Crippen MR) is 56.1 cm³/mol. The first kappa shape index (κ1) is 13.5. The number of carbonyl (C=O) groups excluding carboxylic acids is 1. The van der Waals surface area contributed by atoms with Crippen LogP contribution in [0.1, 0.15) is 21.5 Å². The van der Waals surface area contributed by atoms with Crippen LogP contribution in [-0.2, 0) is 11.5 Å². The molecule has 0 aliphatic carbocycles. The molecule has 0 atom stereocenters. The van der Waals surface area contributed by atoms with Crippen LogP contribution in [0.15, 0.2) is 16.6 Å². The highest BCUT2D eigenvalue weighted by Gasteiger charge is 2.35. The lowest BCUT2D eigenvalue weighted by atomic mass is 10.0. The van der Waals surface area contributed by atoms with Crippen molar-refractivity contribution < 1.29 is 23.1 Å². The highest BCUT2D eigenvalue weighted by atomic mass is 79.9. The van der Waals surface area contributed by atoms with Crippen LogP contribution in [0.4, 0.5) is 13.2 Å². The summed E-state index contributed by atoms with van der Waals surface area (Å²) in [6.45, 7) is 0. The van der Waals surface area contributed by atoms with Crippen LogP contribution in [0.3, 0.4) is 0 Å². The lowest BCUT2D eigenvalue weighted by Gasteiger charge is -2.17. The Bertz CT molecular complexity index is 429. The van der Waals surface area contributed by atoms with Crippen molar-refractivity contribution >= 4 is 37.8 Å². The van der Waals surface area contributed by atoms with Gasteiger partial charge in [0.1, 0.15) is 0 Å². The summed E-state index contributed by atoms with van der Waals surface area (Å²) in [4.78, 5) is 10.7. The fourth-order valence-corrected chi connectivity index (χ4v) is 2.18. The van der Waals surface area contributed by atoms with Crippen molar-refractivity contribution in [3.63, 3.8) is 0 Å². The van der Waals surface area contributed by atoms with E-state index in [-0.39, 0.29) is 15.4 Å². The molecule has 1 aromatic rings. The molecule has 0 amide bonds. The molecule has 0 aromatic heterocycles. The van der Waals surface area contributed by atoms with Gasteiger partial charge in [0.15, 0.2) is 0 Å². The van der Waals surface area contributed by atoms with Gasteiger partial charge >= 0.3 is 6.18 Å². The Morgan fingerprint density at radius 3 is 2.31 bits per heavy atom. The van der Waals surface area contributed by atoms with Gasteiger partial charge in [0, 0.05) is 15.4 Å². The van der Waals surface area contributed by atoms with E-state index in [9.17, 15) is 23.1 Å². The fraction of sp³-hybridized carbons (Fsp3) is 0.222. The van der Waals surface area contributed by atoms with Gasteiger partial charge in [-0.3, -0.25) is 0 Å². The highest BCUT2D eigenvalue weighted by molar-refractivity contribution is 9.10. The SMILES string of the molecule is O=C([O-])c1c(CBr)cc(Br)cc1C(F)(F)F. The van der Waals surface area contributed by atoms with E-state index in [0.29, 0.717) is 0 Å².